The molecular formula is C19H17NO6. The van der Waals surface area contributed by atoms with Gasteiger partial charge in [-0.05, 0) is 6.08 Å². The third-order valence-electron chi connectivity index (χ3n) is 4.47. The van der Waals surface area contributed by atoms with Crippen LogP contribution in [0.1, 0.15) is 53.8 Å². The van der Waals surface area contributed by atoms with Gasteiger partial charge in [-0.25, -0.2) is 4.79 Å². The van der Waals surface area contributed by atoms with Crippen LogP contribution >= 0.6 is 0 Å². The second-order valence-electron chi connectivity index (χ2n) is 6.90. The van der Waals surface area contributed by atoms with Crippen LogP contribution in [0.25, 0.3) is 0 Å². The van der Waals surface area contributed by atoms with Crippen LogP contribution in [0.4, 0.5) is 0 Å². The number of hydrogen-bond acceptors (Lipinski definition) is 6. The summed E-state index contributed by atoms with van der Waals surface area (Å²) in [7, 11) is 0. The van der Waals surface area contributed by atoms with Gasteiger partial charge >= 0.3 is 5.97 Å². The topological polar surface area (TPSA) is 97.8 Å². The Balaban J connectivity index is 1.79. The molecule has 1 saturated heterocycles. The first kappa shape index (κ1) is 17.7. The summed E-state index contributed by atoms with van der Waals surface area (Å²) >= 11 is 0. The van der Waals surface area contributed by atoms with E-state index >= 15 is 0 Å². The van der Waals surface area contributed by atoms with E-state index in [2.05, 4.69) is 0 Å². The molecule has 2 aliphatic rings. The van der Waals surface area contributed by atoms with Gasteiger partial charge in [-0.3, -0.25) is 19.2 Å². The van der Waals surface area contributed by atoms with Crippen molar-refractivity contribution >= 4 is 29.4 Å². The van der Waals surface area contributed by atoms with E-state index in [1.165, 1.54) is 6.08 Å². The number of fused-ring (bicyclic) bond motifs is 1. The van der Waals surface area contributed by atoms with Gasteiger partial charge in [-0.1, -0.05) is 38.1 Å². The smallest absolute Gasteiger partial charge is 0.330 e. The van der Waals surface area contributed by atoms with Gasteiger partial charge in [-0.15, -0.1) is 5.06 Å². The SMILES string of the molecule is CC(C)(CC(=O)ON1C(=O)CCC1=O)C1=CC(=O)c2ccccc2C1=O. The molecule has 1 aromatic carbocycles. The lowest BCUT2D eigenvalue weighted by molar-refractivity contribution is -0.198. The molecule has 26 heavy (non-hydrogen) atoms. The highest BCUT2D eigenvalue weighted by Crippen LogP contribution is 2.36. The molecule has 0 N–H and O–H groups in total. The van der Waals surface area contributed by atoms with Crippen LogP contribution in [-0.4, -0.2) is 34.4 Å². The summed E-state index contributed by atoms with van der Waals surface area (Å²) in [5.41, 5.74) is -0.199. The Hall–Kier alpha value is -3.09. The number of ketones is 2. The van der Waals surface area contributed by atoms with Crippen LogP contribution in [0, 0.1) is 5.41 Å². The maximum Gasteiger partial charge on any atom is 0.334 e. The van der Waals surface area contributed by atoms with Gasteiger partial charge in [0.2, 0.25) is 0 Å². The van der Waals surface area contributed by atoms with Crippen LogP contribution < -0.4 is 0 Å². The number of nitrogens with zero attached hydrogens (tertiary/aromatic N) is 1. The van der Waals surface area contributed by atoms with E-state index in [1.54, 1.807) is 38.1 Å². The minimum Gasteiger partial charge on any atom is -0.330 e. The van der Waals surface area contributed by atoms with Gasteiger partial charge in [0, 0.05) is 35.0 Å². The van der Waals surface area contributed by atoms with Gasteiger partial charge in [0.05, 0.1) is 6.42 Å². The predicted octanol–water partition coefficient (Wildman–Crippen LogP) is 2.02. The van der Waals surface area contributed by atoms with Gasteiger partial charge < -0.3 is 4.84 Å². The first-order valence-electron chi connectivity index (χ1n) is 8.17. The summed E-state index contributed by atoms with van der Waals surface area (Å²) in [6.07, 6.45) is 0.982. The number of rotatable bonds is 4. The number of carbonyl (C=O) groups is 5. The van der Waals surface area contributed by atoms with Crippen LogP contribution in [0.2, 0.25) is 0 Å². The zero-order valence-corrected chi connectivity index (χ0v) is 14.4. The molecule has 1 aliphatic heterocycles. The number of Topliss-reactive ketones (excluding diaryl/α,β-unsaturated/α-hetero) is 1. The lowest BCUT2D eigenvalue weighted by Gasteiger charge is -2.29. The molecule has 3 rings (SSSR count). The fourth-order valence-electron chi connectivity index (χ4n) is 3.07. The Labute approximate surface area is 149 Å². The second-order valence-corrected chi connectivity index (χ2v) is 6.90. The Morgan fingerprint density at radius 3 is 2.23 bits per heavy atom. The van der Waals surface area contributed by atoms with Crippen LogP contribution in [0.15, 0.2) is 35.9 Å². The lowest BCUT2D eigenvalue weighted by Crippen LogP contribution is -2.35. The molecule has 7 nitrogen and oxygen atoms in total. The number of amides is 2. The molecule has 0 bridgehead atoms. The summed E-state index contributed by atoms with van der Waals surface area (Å²) in [5, 5.41) is 0.468. The normalized spacial score (nSPS) is 17.3. The van der Waals surface area contributed by atoms with Crippen molar-refractivity contribution in [2.45, 2.75) is 33.1 Å². The van der Waals surface area contributed by atoms with Crippen molar-refractivity contribution in [3.63, 3.8) is 0 Å². The van der Waals surface area contributed by atoms with E-state index in [-0.39, 0.29) is 36.4 Å². The van der Waals surface area contributed by atoms with Crippen molar-refractivity contribution in [2.75, 3.05) is 0 Å². The molecular weight excluding hydrogens is 338 g/mol. The summed E-state index contributed by atoms with van der Waals surface area (Å²) in [6.45, 7) is 3.26. The summed E-state index contributed by atoms with van der Waals surface area (Å²) in [4.78, 5) is 65.2. The first-order chi connectivity index (χ1) is 12.2. The minimum absolute atomic E-state index is 0.00440. The Kier molecular flexibility index (Phi) is 4.31. The van der Waals surface area contributed by atoms with Crippen LogP contribution in [0.5, 0.6) is 0 Å². The average molecular weight is 355 g/mol. The van der Waals surface area contributed by atoms with E-state index < -0.39 is 23.2 Å². The van der Waals surface area contributed by atoms with Gasteiger partial charge in [0.15, 0.2) is 11.6 Å². The van der Waals surface area contributed by atoms with E-state index in [9.17, 15) is 24.0 Å². The number of hydrogen-bond donors (Lipinski definition) is 0. The molecule has 1 heterocycles. The third kappa shape index (κ3) is 3.08. The van der Waals surface area contributed by atoms with Gasteiger partial charge in [0.1, 0.15) is 0 Å². The molecule has 0 atom stereocenters. The molecule has 0 spiro atoms. The maximum atomic E-state index is 12.7. The van der Waals surface area contributed by atoms with E-state index in [0.29, 0.717) is 16.2 Å². The Morgan fingerprint density at radius 1 is 1.04 bits per heavy atom. The molecule has 1 aliphatic carbocycles. The van der Waals surface area contributed by atoms with Crippen molar-refractivity contribution in [3.05, 3.63) is 47.0 Å². The number of carbonyl (C=O) groups excluding carboxylic acids is 5. The second kappa shape index (κ2) is 6.33. The number of benzene rings is 1. The molecule has 0 unspecified atom stereocenters. The third-order valence-corrected chi connectivity index (χ3v) is 4.47. The monoisotopic (exact) mass is 355 g/mol. The zero-order chi connectivity index (χ0) is 19.1. The summed E-state index contributed by atoms with van der Waals surface area (Å²) < 4.78 is 0. The molecule has 0 saturated carbocycles. The van der Waals surface area contributed by atoms with Crippen LogP contribution in [-0.2, 0) is 19.2 Å². The highest BCUT2D eigenvalue weighted by Gasteiger charge is 2.39. The first-order valence-corrected chi connectivity index (χ1v) is 8.17. The molecule has 0 radical (unpaired) electrons. The van der Waals surface area contributed by atoms with E-state index in [4.69, 9.17) is 4.84 Å². The molecule has 0 aromatic heterocycles. The van der Waals surface area contributed by atoms with Crippen LogP contribution in [0.3, 0.4) is 0 Å². The molecule has 134 valence electrons. The highest BCUT2D eigenvalue weighted by molar-refractivity contribution is 6.25. The van der Waals surface area contributed by atoms with Crippen molar-refractivity contribution in [2.24, 2.45) is 5.41 Å². The fraction of sp³-hybridized carbons (Fsp3) is 0.316. The fourth-order valence-corrected chi connectivity index (χ4v) is 3.07. The largest absolute Gasteiger partial charge is 0.334 e. The van der Waals surface area contributed by atoms with E-state index in [0.717, 1.165) is 0 Å². The van der Waals surface area contributed by atoms with Crippen molar-refractivity contribution in [1.82, 2.24) is 5.06 Å². The summed E-state index contributed by atoms with van der Waals surface area (Å²) in [5.74, 6) is -2.59. The minimum atomic E-state index is -1.01. The predicted molar refractivity (Wildman–Crippen MR) is 88.8 cm³/mol. The average Bonchev–Trinajstić information content (AvgIpc) is 2.89. The maximum absolute atomic E-state index is 12.7. The quantitative estimate of drug-likeness (QED) is 0.767. The van der Waals surface area contributed by atoms with Gasteiger partial charge in [0.25, 0.3) is 11.8 Å². The van der Waals surface area contributed by atoms with E-state index in [1.807, 2.05) is 0 Å². The standard InChI is InChI=1S/C19H17NO6/c1-19(2,10-17(24)26-20-15(22)7-8-16(20)23)13-9-14(21)11-5-3-4-6-12(11)18(13)25/h3-6,9H,7-8,10H2,1-2H3. The van der Waals surface area contributed by atoms with Crippen molar-refractivity contribution < 1.29 is 28.8 Å². The number of allylic oxidation sites excluding steroid dienone is 2. The molecule has 1 aromatic rings. The van der Waals surface area contributed by atoms with Crippen molar-refractivity contribution in [3.8, 4) is 0 Å². The Bertz CT molecular complexity index is 864. The molecule has 1 fully saturated rings. The number of hydroxylamine groups is 2. The lowest BCUT2D eigenvalue weighted by atomic mass is 9.74. The van der Waals surface area contributed by atoms with Crippen molar-refractivity contribution in [1.29, 1.82) is 0 Å². The Morgan fingerprint density at radius 2 is 1.62 bits per heavy atom. The molecule has 7 heteroatoms. The van der Waals surface area contributed by atoms with Gasteiger partial charge in [-0.2, -0.15) is 0 Å². The zero-order valence-electron chi connectivity index (χ0n) is 14.4. The molecule has 2 amide bonds. The number of imide groups is 1. The summed E-state index contributed by atoms with van der Waals surface area (Å²) in [6, 6.07) is 6.49. The highest BCUT2D eigenvalue weighted by atomic mass is 16.7.